The van der Waals surface area contributed by atoms with Crippen LogP contribution < -0.4 is 0 Å². The van der Waals surface area contributed by atoms with Crippen molar-refractivity contribution < 1.29 is 5.11 Å². The number of nitrogens with zero attached hydrogens (tertiary/aromatic N) is 2. The highest BCUT2D eigenvalue weighted by molar-refractivity contribution is 5.74. The molecule has 0 radical (unpaired) electrons. The molecule has 2 unspecified atom stereocenters. The van der Waals surface area contributed by atoms with Gasteiger partial charge in [-0.1, -0.05) is 30.4 Å². The van der Waals surface area contributed by atoms with E-state index < -0.39 is 0 Å². The molecule has 0 spiro atoms. The standard InChI is InChI=1S/C26H29N3O/c30-17-20-8-2-1-7-19(20)15-21(16-25-28-23-12-3-4-13-24(23)29-25)22-11-5-9-18-10-6-14-27-26(18)22/h1,3-4,6-7,10,12-14,21-22,30H,2,5,8-9,11,15-17H2,(H,28,29). The van der Waals surface area contributed by atoms with Crippen molar-refractivity contribution in [2.75, 3.05) is 6.61 Å². The Labute approximate surface area is 177 Å². The van der Waals surface area contributed by atoms with Crippen molar-refractivity contribution in [3.05, 3.63) is 83.0 Å². The van der Waals surface area contributed by atoms with Crippen LogP contribution in [0.2, 0.25) is 0 Å². The molecule has 30 heavy (non-hydrogen) atoms. The third-order valence-corrected chi connectivity index (χ3v) is 6.76. The Bertz CT molecular complexity index is 1060. The lowest BCUT2D eigenvalue weighted by molar-refractivity contribution is 0.320. The predicted molar refractivity (Wildman–Crippen MR) is 120 cm³/mol. The molecule has 154 valence electrons. The van der Waals surface area contributed by atoms with E-state index in [1.54, 1.807) is 0 Å². The zero-order valence-corrected chi connectivity index (χ0v) is 17.3. The van der Waals surface area contributed by atoms with Crippen LogP contribution in [-0.2, 0) is 12.8 Å². The maximum absolute atomic E-state index is 9.90. The molecule has 2 atom stereocenters. The van der Waals surface area contributed by atoms with Crippen molar-refractivity contribution in [3.63, 3.8) is 0 Å². The van der Waals surface area contributed by atoms with Crippen LogP contribution >= 0.6 is 0 Å². The average Bonchev–Trinajstić information content (AvgIpc) is 3.21. The van der Waals surface area contributed by atoms with Gasteiger partial charge < -0.3 is 10.1 Å². The summed E-state index contributed by atoms with van der Waals surface area (Å²) >= 11 is 0. The van der Waals surface area contributed by atoms with Crippen LogP contribution in [0.4, 0.5) is 0 Å². The Morgan fingerprint density at radius 2 is 2.03 bits per heavy atom. The van der Waals surface area contributed by atoms with Gasteiger partial charge in [-0.15, -0.1) is 0 Å². The smallest absolute Gasteiger partial charge is 0.107 e. The van der Waals surface area contributed by atoms with Crippen molar-refractivity contribution in [1.82, 2.24) is 15.0 Å². The normalized spacial score (nSPS) is 19.8. The summed E-state index contributed by atoms with van der Waals surface area (Å²) in [5.41, 5.74) is 7.31. The monoisotopic (exact) mass is 399 g/mol. The number of H-pyrrole nitrogens is 1. The molecule has 0 aliphatic heterocycles. The van der Waals surface area contributed by atoms with E-state index >= 15 is 0 Å². The highest BCUT2D eigenvalue weighted by Gasteiger charge is 2.31. The van der Waals surface area contributed by atoms with E-state index in [0.717, 1.165) is 49.0 Å². The van der Waals surface area contributed by atoms with E-state index in [1.807, 2.05) is 18.3 Å². The summed E-state index contributed by atoms with van der Waals surface area (Å²) in [6.07, 6.45) is 13.8. The molecule has 2 aliphatic rings. The van der Waals surface area contributed by atoms with Crippen LogP contribution in [0, 0.1) is 5.92 Å². The fraction of sp³-hybridized carbons (Fsp3) is 0.385. The van der Waals surface area contributed by atoms with Gasteiger partial charge in [-0.05, 0) is 79.4 Å². The molecular formula is C26H29N3O. The highest BCUT2D eigenvalue weighted by Crippen LogP contribution is 2.41. The number of rotatable bonds is 6. The van der Waals surface area contributed by atoms with Gasteiger partial charge in [-0.2, -0.15) is 0 Å². The number of hydrogen-bond donors (Lipinski definition) is 2. The zero-order valence-electron chi connectivity index (χ0n) is 17.3. The summed E-state index contributed by atoms with van der Waals surface area (Å²) < 4.78 is 0. The maximum Gasteiger partial charge on any atom is 0.107 e. The number of hydrogen-bond acceptors (Lipinski definition) is 3. The van der Waals surface area contributed by atoms with E-state index in [1.165, 1.54) is 35.2 Å². The van der Waals surface area contributed by atoms with Crippen LogP contribution in [0.1, 0.15) is 55.1 Å². The van der Waals surface area contributed by atoms with E-state index in [4.69, 9.17) is 9.97 Å². The van der Waals surface area contributed by atoms with E-state index in [0.29, 0.717) is 11.8 Å². The van der Waals surface area contributed by atoms with E-state index in [2.05, 4.69) is 41.4 Å². The number of fused-ring (bicyclic) bond motifs is 2. The Balaban J connectivity index is 1.50. The first-order valence-corrected chi connectivity index (χ1v) is 11.2. The first-order chi connectivity index (χ1) is 14.8. The van der Waals surface area contributed by atoms with Crippen molar-refractivity contribution in [1.29, 1.82) is 0 Å². The lowest BCUT2D eigenvalue weighted by atomic mass is 9.74. The maximum atomic E-state index is 9.90. The summed E-state index contributed by atoms with van der Waals surface area (Å²) in [5, 5.41) is 9.90. The number of benzene rings is 1. The molecule has 2 N–H and O–H groups in total. The molecule has 0 amide bonds. The van der Waals surface area contributed by atoms with E-state index in [9.17, 15) is 5.11 Å². The van der Waals surface area contributed by atoms with E-state index in [-0.39, 0.29) is 6.61 Å². The molecule has 4 nitrogen and oxygen atoms in total. The van der Waals surface area contributed by atoms with Crippen LogP contribution in [0.25, 0.3) is 11.0 Å². The molecule has 3 aromatic rings. The molecule has 0 saturated carbocycles. The average molecular weight is 400 g/mol. The van der Waals surface area contributed by atoms with Crippen molar-refractivity contribution in [2.45, 2.75) is 50.9 Å². The number of pyridine rings is 1. The molecule has 2 aromatic heterocycles. The predicted octanol–water partition coefficient (Wildman–Crippen LogP) is 5.27. The fourth-order valence-corrected chi connectivity index (χ4v) is 5.25. The number of allylic oxidation sites excluding steroid dienone is 3. The fourth-order valence-electron chi connectivity index (χ4n) is 5.25. The number of aliphatic hydroxyl groups is 1. The van der Waals surface area contributed by atoms with Gasteiger partial charge in [0.05, 0.1) is 17.6 Å². The molecule has 2 aliphatic carbocycles. The van der Waals surface area contributed by atoms with Crippen LogP contribution in [0.5, 0.6) is 0 Å². The summed E-state index contributed by atoms with van der Waals surface area (Å²) in [5.74, 6) is 1.87. The molecule has 4 heteroatoms. The molecule has 0 fully saturated rings. The second-order valence-electron chi connectivity index (χ2n) is 8.64. The Morgan fingerprint density at radius 1 is 1.10 bits per heavy atom. The van der Waals surface area contributed by atoms with Gasteiger partial charge in [0.2, 0.25) is 0 Å². The lowest BCUT2D eigenvalue weighted by Gasteiger charge is -2.32. The molecule has 2 heterocycles. The first kappa shape index (κ1) is 19.3. The summed E-state index contributed by atoms with van der Waals surface area (Å²) in [7, 11) is 0. The second kappa shape index (κ2) is 8.57. The Hall–Kier alpha value is -2.72. The highest BCUT2D eigenvalue weighted by atomic mass is 16.3. The minimum Gasteiger partial charge on any atom is -0.392 e. The Kier molecular flexibility index (Phi) is 5.50. The summed E-state index contributed by atoms with van der Waals surface area (Å²) in [6, 6.07) is 12.6. The van der Waals surface area contributed by atoms with Crippen LogP contribution in [-0.4, -0.2) is 26.7 Å². The lowest BCUT2D eigenvalue weighted by Crippen LogP contribution is -2.23. The quantitative estimate of drug-likeness (QED) is 0.594. The van der Waals surface area contributed by atoms with Gasteiger partial charge in [0.1, 0.15) is 5.82 Å². The summed E-state index contributed by atoms with van der Waals surface area (Å²) in [4.78, 5) is 13.2. The SMILES string of the molecule is OCC1=C(CC(Cc2nc3ccccc3[nH]2)C2CCCc3cccnc32)C=CCC1. The largest absolute Gasteiger partial charge is 0.392 e. The minimum atomic E-state index is 0.163. The van der Waals surface area contributed by atoms with Crippen LogP contribution in [0.15, 0.2) is 65.9 Å². The number of para-hydroxylation sites is 2. The van der Waals surface area contributed by atoms with Gasteiger partial charge in [0.15, 0.2) is 0 Å². The minimum absolute atomic E-state index is 0.163. The van der Waals surface area contributed by atoms with Gasteiger partial charge in [0, 0.05) is 24.2 Å². The third kappa shape index (κ3) is 3.84. The molecular weight excluding hydrogens is 370 g/mol. The van der Waals surface area contributed by atoms with Crippen molar-refractivity contribution in [2.24, 2.45) is 5.92 Å². The van der Waals surface area contributed by atoms with Gasteiger partial charge in [-0.3, -0.25) is 4.98 Å². The number of imidazole rings is 1. The number of aromatic nitrogens is 3. The van der Waals surface area contributed by atoms with Crippen molar-refractivity contribution >= 4 is 11.0 Å². The topological polar surface area (TPSA) is 61.8 Å². The zero-order chi connectivity index (χ0) is 20.3. The molecule has 0 bridgehead atoms. The number of aromatic amines is 1. The second-order valence-corrected chi connectivity index (χ2v) is 8.64. The van der Waals surface area contributed by atoms with Gasteiger partial charge in [0.25, 0.3) is 0 Å². The Morgan fingerprint density at radius 3 is 2.93 bits per heavy atom. The van der Waals surface area contributed by atoms with Crippen LogP contribution in [0.3, 0.4) is 0 Å². The van der Waals surface area contributed by atoms with Gasteiger partial charge in [-0.25, -0.2) is 4.98 Å². The number of nitrogens with one attached hydrogen (secondary N) is 1. The molecule has 0 saturated heterocycles. The summed E-state index contributed by atoms with van der Waals surface area (Å²) in [6.45, 7) is 0.163. The molecule has 1 aromatic carbocycles. The van der Waals surface area contributed by atoms with Gasteiger partial charge >= 0.3 is 0 Å². The third-order valence-electron chi connectivity index (χ3n) is 6.76. The first-order valence-electron chi connectivity index (χ1n) is 11.2. The van der Waals surface area contributed by atoms with Crippen molar-refractivity contribution in [3.8, 4) is 0 Å². The molecule has 5 rings (SSSR count). The number of aryl methyl sites for hydroxylation is 1. The number of aliphatic hydroxyl groups excluding tert-OH is 1.